The van der Waals surface area contributed by atoms with Crippen molar-refractivity contribution in [3.05, 3.63) is 34.8 Å². The van der Waals surface area contributed by atoms with Crippen LogP contribution < -0.4 is 5.73 Å². The van der Waals surface area contributed by atoms with Gasteiger partial charge >= 0.3 is 7.12 Å². The molecule has 1 aromatic carbocycles. The number of phenolic OH excluding ortho intramolecular Hbond substituents is 1. The quantitative estimate of drug-likeness (QED) is 0.842. The van der Waals surface area contributed by atoms with Gasteiger partial charge in [-0.25, -0.2) is 4.39 Å². The molecule has 22 heavy (non-hydrogen) atoms. The highest BCUT2D eigenvalue weighted by atomic mass is 19.2. The van der Waals surface area contributed by atoms with E-state index in [1.165, 1.54) is 6.08 Å². The molecule has 0 spiro atoms. The van der Waals surface area contributed by atoms with Crippen LogP contribution in [-0.4, -0.2) is 30.0 Å². The van der Waals surface area contributed by atoms with Gasteiger partial charge in [-0.05, 0) is 50.9 Å². The summed E-state index contributed by atoms with van der Waals surface area (Å²) in [5.41, 5.74) is 5.53. The molecule has 1 fully saturated rings. The summed E-state index contributed by atoms with van der Waals surface area (Å²) in [6, 6.07) is 2.11. The molecule has 0 bridgehead atoms. The van der Waals surface area contributed by atoms with Gasteiger partial charge in [0.1, 0.15) is 0 Å². The minimum absolute atomic E-state index is 0.122. The van der Waals surface area contributed by atoms with Crippen LogP contribution in [0.5, 0.6) is 5.75 Å². The maximum absolute atomic E-state index is 13.4. The third-order valence-corrected chi connectivity index (χ3v) is 4.18. The molecule has 0 aromatic heterocycles. The van der Waals surface area contributed by atoms with Crippen molar-refractivity contribution in [3.8, 4) is 5.75 Å². The SMILES string of the molecule is CC1(C)OB(C(=Cc2cc(O)c(F)c(F)c2)CN)OC1(C)C. The standard InChI is InChI=1S/C15H20BF2NO3/c1-14(2)15(3,4)22-16(21-14)10(8-19)5-9-6-11(17)13(18)12(20)7-9/h5-7,20H,8,19H2,1-4H3. The van der Waals surface area contributed by atoms with E-state index in [0.717, 1.165) is 12.1 Å². The van der Waals surface area contributed by atoms with Gasteiger partial charge in [0.15, 0.2) is 17.4 Å². The number of benzene rings is 1. The first kappa shape index (κ1) is 16.9. The van der Waals surface area contributed by atoms with Gasteiger partial charge in [-0.1, -0.05) is 6.08 Å². The first-order valence-corrected chi connectivity index (χ1v) is 7.01. The van der Waals surface area contributed by atoms with Gasteiger partial charge in [0.2, 0.25) is 0 Å². The molecule has 1 aliphatic heterocycles. The maximum Gasteiger partial charge on any atom is 0.491 e. The second-order valence-electron chi connectivity index (χ2n) is 6.35. The number of nitrogens with two attached hydrogens (primary N) is 1. The van der Waals surface area contributed by atoms with Gasteiger partial charge in [0, 0.05) is 6.54 Å². The van der Waals surface area contributed by atoms with E-state index in [4.69, 9.17) is 15.0 Å². The molecule has 0 unspecified atom stereocenters. The molecular formula is C15H20BF2NO3. The lowest BCUT2D eigenvalue weighted by Crippen LogP contribution is -2.41. The molecule has 7 heteroatoms. The summed E-state index contributed by atoms with van der Waals surface area (Å²) in [4.78, 5) is 0. The van der Waals surface area contributed by atoms with Crippen molar-refractivity contribution in [1.29, 1.82) is 0 Å². The van der Waals surface area contributed by atoms with Crippen LogP contribution in [0.25, 0.3) is 6.08 Å². The van der Waals surface area contributed by atoms with E-state index in [2.05, 4.69) is 0 Å². The Morgan fingerprint density at radius 2 is 1.77 bits per heavy atom. The summed E-state index contributed by atoms with van der Waals surface area (Å²) in [6.45, 7) is 7.75. The van der Waals surface area contributed by atoms with E-state index < -0.39 is 35.7 Å². The largest absolute Gasteiger partial charge is 0.505 e. The Kier molecular flexibility index (Phi) is 4.34. The second kappa shape index (κ2) is 5.64. The number of phenols is 1. The predicted molar refractivity (Wildman–Crippen MR) is 81.1 cm³/mol. The van der Waals surface area contributed by atoms with Crippen LogP contribution in [0, 0.1) is 11.6 Å². The first-order valence-electron chi connectivity index (χ1n) is 7.01. The zero-order valence-electron chi connectivity index (χ0n) is 13.1. The zero-order valence-corrected chi connectivity index (χ0v) is 13.1. The van der Waals surface area contributed by atoms with Crippen LogP contribution in [0.3, 0.4) is 0 Å². The third kappa shape index (κ3) is 3.02. The number of rotatable bonds is 3. The van der Waals surface area contributed by atoms with Gasteiger partial charge < -0.3 is 20.1 Å². The molecule has 0 aliphatic carbocycles. The fraction of sp³-hybridized carbons (Fsp3) is 0.467. The summed E-state index contributed by atoms with van der Waals surface area (Å²) in [5, 5.41) is 9.36. The van der Waals surface area contributed by atoms with Crippen molar-refractivity contribution in [2.75, 3.05) is 6.54 Å². The van der Waals surface area contributed by atoms with Gasteiger partial charge in [0.25, 0.3) is 0 Å². The molecule has 0 radical (unpaired) electrons. The lowest BCUT2D eigenvalue weighted by molar-refractivity contribution is 0.00578. The Balaban J connectivity index is 2.34. The Morgan fingerprint density at radius 1 is 1.23 bits per heavy atom. The van der Waals surface area contributed by atoms with Gasteiger partial charge in [-0.3, -0.25) is 0 Å². The molecule has 2 rings (SSSR count). The number of aromatic hydroxyl groups is 1. The third-order valence-electron chi connectivity index (χ3n) is 4.18. The van der Waals surface area contributed by atoms with E-state index >= 15 is 0 Å². The molecule has 1 aromatic rings. The van der Waals surface area contributed by atoms with Crippen molar-refractivity contribution >= 4 is 13.2 Å². The van der Waals surface area contributed by atoms with E-state index in [9.17, 15) is 13.9 Å². The molecule has 3 N–H and O–H groups in total. The predicted octanol–water partition coefficient (Wildman–Crippen LogP) is 2.64. The van der Waals surface area contributed by atoms with Crippen molar-refractivity contribution in [2.45, 2.75) is 38.9 Å². The van der Waals surface area contributed by atoms with Crippen molar-refractivity contribution in [2.24, 2.45) is 5.73 Å². The lowest BCUT2D eigenvalue weighted by Gasteiger charge is -2.32. The summed E-state index contributed by atoms with van der Waals surface area (Å²) in [6.07, 6.45) is 1.53. The zero-order chi connectivity index (χ0) is 16.7. The Bertz CT molecular complexity index is 578. The number of hydrogen-bond donors (Lipinski definition) is 2. The summed E-state index contributed by atoms with van der Waals surface area (Å²) >= 11 is 0. The van der Waals surface area contributed by atoms with Crippen LogP contribution in [0.4, 0.5) is 8.78 Å². The van der Waals surface area contributed by atoms with Gasteiger partial charge in [-0.15, -0.1) is 0 Å². The number of halogens is 2. The Labute approximate surface area is 129 Å². The highest BCUT2D eigenvalue weighted by Gasteiger charge is 2.52. The average molecular weight is 311 g/mol. The van der Waals surface area contributed by atoms with E-state index in [1.807, 2.05) is 27.7 Å². The Hall–Kier alpha value is -1.44. The van der Waals surface area contributed by atoms with E-state index in [-0.39, 0.29) is 12.1 Å². The number of hydrogen-bond acceptors (Lipinski definition) is 4. The molecule has 0 atom stereocenters. The minimum atomic E-state index is -1.28. The fourth-order valence-corrected chi connectivity index (χ4v) is 2.11. The Morgan fingerprint density at radius 3 is 2.23 bits per heavy atom. The molecule has 0 saturated carbocycles. The fourth-order valence-electron chi connectivity index (χ4n) is 2.11. The second-order valence-corrected chi connectivity index (χ2v) is 6.35. The first-order chi connectivity index (χ1) is 10.1. The van der Waals surface area contributed by atoms with Crippen LogP contribution >= 0.6 is 0 Å². The van der Waals surface area contributed by atoms with Crippen LogP contribution in [-0.2, 0) is 9.31 Å². The van der Waals surface area contributed by atoms with Crippen LogP contribution in [0.15, 0.2) is 17.6 Å². The minimum Gasteiger partial charge on any atom is -0.505 e. The molecule has 1 heterocycles. The van der Waals surface area contributed by atoms with Crippen LogP contribution in [0.2, 0.25) is 0 Å². The smallest absolute Gasteiger partial charge is 0.491 e. The van der Waals surface area contributed by atoms with Crippen molar-refractivity contribution in [3.63, 3.8) is 0 Å². The van der Waals surface area contributed by atoms with Gasteiger partial charge in [0.05, 0.1) is 11.2 Å². The van der Waals surface area contributed by atoms with Crippen LogP contribution in [0.1, 0.15) is 33.3 Å². The highest BCUT2D eigenvalue weighted by molar-refractivity contribution is 6.55. The molecule has 1 aliphatic rings. The molecule has 1 saturated heterocycles. The summed E-state index contributed by atoms with van der Waals surface area (Å²) in [5.74, 6) is -3.16. The van der Waals surface area contributed by atoms with E-state index in [0.29, 0.717) is 5.47 Å². The normalized spacial score (nSPS) is 20.5. The van der Waals surface area contributed by atoms with Crippen molar-refractivity contribution < 1.29 is 23.2 Å². The molecule has 0 amide bonds. The lowest BCUT2D eigenvalue weighted by atomic mass is 9.77. The highest BCUT2D eigenvalue weighted by Crippen LogP contribution is 2.38. The molecular weight excluding hydrogens is 291 g/mol. The molecule has 4 nitrogen and oxygen atoms in total. The van der Waals surface area contributed by atoms with E-state index in [1.54, 1.807) is 0 Å². The maximum atomic E-state index is 13.4. The topological polar surface area (TPSA) is 64.7 Å². The average Bonchev–Trinajstić information content (AvgIpc) is 2.61. The monoisotopic (exact) mass is 311 g/mol. The summed E-state index contributed by atoms with van der Waals surface area (Å²) < 4.78 is 38.2. The van der Waals surface area contributed by atoms with Gasteiger partial charge in [-0.2, -0.15) is 4.39 Å². The summed E-state index contributed by atoms with van der Waals surface area (Å²) in [7, 11) is -0.676. The van der Waals surface area contributed by atoms with Crippen molar-refractivity contribution in [1.82, 2.24) is 0 Å². The molecule has 120 valence electrons.